The molecule has 3 aliphatic carbocycles. The molecule has 0 aromatic heterocycles. The van der Waals surface area contributed by atoms with Crippen molar-refractivity contribution in [2.24, 2.45) is 11.1 Å². The molecule has 0 aliphatic heterocycles. The van der Waals surface area contributed by atoms with Crippen molar-refractivity contribution in [1.82, 2.24) is 0 Å². The van der Waals surface area contributed by atoms with Gasteiger partial charge < -0.3 is 10.5 Å². The Bertz CT molecular complexity index is 210. The Morgan fingerprint density at radius 1 is 1.46 bits per heavy atom. The summed E-state index contributed by atoms with van der Waals surface area (Å²) in [5.74, 6) is -0.0919. The Kier molecular flexibility index (Phi) is 2.61. The highest BCUT2D eigenvalue weighted by atomic mass is 35.5. The van der Waals surface area contributed by atoms with Crippen molar-refractivity contribution >= 4 is 18.4 Å². The number of methoxy groups -OCH3 is 1. The van der Waals surface area contributed by atoms with Crippen LogP contribution in [0.5, 0.6) is 0 Å². The normalized spacial score (nSPS) is 39.5. The molecule has 2 N–H and O–H groups in total. The van der Waals surface area contributed by atoms with Crippen LogP contribution in [0.1, 0.15) is 32.1 Å². The molecule has 3 rings (SSSR count). The minimum absolute atomic E-state index is 0. The van der Waals surface area contributed by atoms with Crippen LogP contribution >= 0.6 is 12.4 Å². The van der Waals surface area contributed by atoms with E-state index in [1.165, 1.54) is 7.11 Å². The van der Waals surface area contributed by atoms with Gasteiger partial charge in [0, 0.05) is 12.0 Å². The SMILES string of the molecule is COC(=O)CCC12CC(N)(C1)C2.Cl. The summed E-state index contributed by atoms with van der Waals surface area (Å²) in [6.45, 7) is 0. The van der Waals surface area contributed by atoms with Crippen molar-refractivity contribution in [3.63, 3.8) is 0 Å². The number of ether oxygens (including phenoxy) is 1. The highest BCUT2D eigenvalue weighted by Gasteiger charge is 2.64. The van der Waals surface area contributed by atoms with E-state index in [1.54, 1.807) is 0 Å². The lowest BCUT2D eigenvalue weighted by molar-refractivity contribution is -0.154. The second kappa shape index (κ2) is 3.14. The zero-order valence-corrected chi connectivity index (χ0v) is 8.65. The second-order valence-corrected chi connectivity index (χ2v) is 4.47. The van der Waals surface area contributed by atoms with Crippen LogP contribution < -0.4 is 5.73 Å². The van der Waals surface area contributed by atoms with Crippen LogP contribution in [0, 0.1) is 5.41 Å². The van der Waals surface area contributed by atoms with Crippen LogP contribution in [0.4, 0.5) is 0 Å². The molecule has 0 atom stereocenters. The van der Waals surface area contributed by atoms with E-state index in [4.69, 9.17) is 5.73 Å². The maximum atomic E-state index is 10.8. The third-order valence-corrected chi connectivity index (χ3v) is 3.27. The molecule has 0 spiro atoms. The van der Waals surface area contributed by atoms with Gasteiger partial charge in [-0.05, 0) is 31.1 Å². The average molecular weight is 206 g/mol. The van der Waals surface area contributed by atoms with Gasteiger partial charge in [0.05, 0.1) is 7.11 Å². The van der Waals surface area contributed by atoms with Gasteiger partial charge >= 0.3 is 5.97 Å². The quantitative estimate of drug-likeness (QED) is 0.706. The lowest BCUT2D eigenvalue weighted by Crippen LogP contribution is -2.72. The highest BCUT2D eigenvalue weighted by Crippen LogP contribution is 2.67. The molecular weight excluding hydrogens is 190 g/mol. The summed E-state index contributed by atoms with van der Waals surface area (Å²) in [7, 11) is 1.44. The molecule has 0 unspecified atom stereocenters. The zero-order valence-electron chi connectivity index (χ0n) is 7.84. The third kappa shape index (κ3) is 1.67. The van der Waals surface area contributed by atoms with Crippen molar-refractivity contribution in [2.45, 2.75) is 37.6 Å². The summed E-state index contributed by atoms with van der Waals surface area (Å²) in [5.41, 5.74) is 6.49. The summed E-state index contributed by atoms with van der Waals surface area (Å²) in [4.78, 5) is 10.8. The fraction of sp³-hybridized carbons (Fsp3) is 0.889. The Hall–Kier alpha value is -0.280. The van der Waals surface area contributed by atoms with E-state index in [1.807, 2.05) is 0 Å². The van der Waals surface area contributed by atoms with Crippen LogP contribution in [0.3, 0.4) is 0 Å². The van der Waals surface area contributed by atoms with Gasteiger partial charge in [-0.1, -0.05) is 0 Å². The summed E-state index contributed by atoms with van der Waals surface area (Å²) in [6, 6.07) is 0. The minimum Gasteiger partial charge on any atom is -0.469 e. The Balaban J connectivity index is 0.000000845. The minimum atomic E-state index is -0.0919. The van der Waals surface area contributed by atoms with Gasteiger partial charge in [0.1, 0.15) is 0 Å². The van der Waals surface area contributed by atoms with Crippen molar-refractivity contribution in [2.75, 3.05) is 7.11 Å². The molecule has 0 heterocycles. The van der Waals surface area contributed by atoms with Gasteiger partial charge in [0.25, 0.3) is 0 Å². The summed E-state index contributed by atoms with van der Waals surface area (Å²) in [5, 5.41) is 0. The maximum Gasteiger partial charge on any atom is 0.305 e. The van der Waals surface area contributed by atoms with Crippen molar-refractivity contribution < 1.29 is 9.53 Å². The largest absolute Gasteiger partial charge is 0.469 e. The van der Waals surface area contributed by atoms with E-state index in [0.29, 0.717) is 11.8 Å². The number of nitrogens with two attached hydrogens (primary N) is 1. The predicted molar refractivity (Wildman–Crippen MR) is 51.7 cm³/mol. The monoisotopic (exact) mass is 205 g/mol. The predicted octanol–water partition coefficient (Wildman–Crippen LogP) is 1.24. The standard InChI is InChI=1S/C9H15NO2.ClH/c1-12-7(11)2-3-8-4-9(10,5-8)6-8;/h2-6,10H2,1H3;1H. The van der Waals surface area contributed by atoms with E-state index < -0.39 is 0 Å². The molecule has 2 bridgehead atoms. The first-order chi connectivity index (χ1) is 5.58. The molecule has 4 heteroatoms. The average Bonchev–Trinajstić information content (AvgIpc) is 1.93. The molecule has 3 aliphatic rings. The number of esters is 1. The lowest BCUT2D eigenvalue weighted by atomic mass is 9.39. The maximum absolute atomic E-state index is 10.8. The van der Waals surface area contributed by atoms with Crippen molar-refractivity contribution in [3.05, 3.63) is 0 Å². The molecule has 0 aromatic carbocycles. The molecule has 3 fully saturated rings. The first-order valence-corrected chi connectivity index (χ1v) is 4.43. The Morgan fingerprint density at radius 2 is 2.00 bits per heavy atom. The van der Waals surface area contributed by atoms with E-state index in [2.05, 4.69) is 4.74 Å². The van der Waals surface area contributed by atoms with E-state index in [9.17, 15) is 4.79 Å². The van der Waals surface area contributed by atoms with E-state index in [-0.39, 0.29) is 23.9 Å². The van der Waals surface area contributed by atoms with Crippen LogP contribution in [0.2, 0.25) is 0 Å². The summed E-state index contributed by atoms with van der Waals surface area (Å²) >= 11 is 0. The van der Waals surface area contributed by atoms with Crippen molar-refractivity contribution in [3.8, 4) is 0 Å². The van der Waals surface area contributed by atoms with Gasteiger partial charge in [-0.2, -0.15) is 0 Å². The highest BCUT2D eigenvalue weighted by molar-refractivity contribution is 5.85. The van der Waals surface area contributed by atoms with Crippen LogP contribution in [-0.4, -0.2) is 18.6 Å². The number of carbonyl (C=O) groups is 1. The zero-order chi connectivity index (χ0) is 8.82. The Labute approximate surface area is 84.4 Å². The number of hydrogen-bond donors (Lipinski definition) is 1. The lowest BCUT2D eigenvalue weighted by Gasteiger charge is -2.69. The van der Waals surface area contributed by atoms with Gasteiger partial charge in [-0.15, -0.1) is 12.4 Å². The summed E-state index contributed by atoms with van der Waals surface area (Å²) < 4.78 is 4.59. The third-order valence-electron chi connectivity index (χ3n) is 3.27. The molecule has 3 saturated carbocycles. The molecule has 0 aromatic rings. The fourth-order valence-corrected chi connectivity index (χ4v) is 2.82. The van der Waals surface area contributed by atoms with Gasteiger partial charge in [0.2, 0.25) is 0 Å². The number of carbonyl (C=O) groups excluding carboxylic acids is 1. The first kappa shape index (κ1) is 10.8. The molecule has 3 nitrogen and oxygen atoms in total. The van der Waals surface area contributed by atoms with Crippen LogP contribution in [-0.2, 0) is 9.53 Å². The van der Waals surface area contributed by atoms with Gasteiger partial charge in [-0.3, -0.25) is 4.79 Å². The van der Waals surface area contributed by atoms with E-state index in [0.717, 1.165) is 25.7 Å². The molecule has 0 saturated heterocycles. The van der Waals surface area contributed by atoms with Gasteiger partial charge in [-0.25, -0.2) is 0 Å². The molecular formula is C9H16ClNO2. The van der Waals surface area contributed by atoms with Crippen molar-refractivity contribution in [1.29, 1.82) is 0 Å². The number of halogens is 1. The molecule has 13 heavy (non-hydrogen) atoms. The second-order valence-electron chi connectivity index (χ2n) is 4.47. The van der Waals surface area contributed by atoms with Gasteiger partial charge in [0.15, 0.2) is 0 Å². The topological polar surface area (TPSA) is 52.3 Å². The Morgan fingerprint density at radius 3 is 2.38 bits per heavy atom. The van der Waals surface area contributed by atoms with Crippen LogP contribution in [0.15, 0.2) is 0 Å². The smallest absolute Gasteiger partial charge is 0.305 e. The van der Waals surface area contributed by atoms with Crippen LogP contribution in [0.25, 0.3) is 0 Å². The number of rotatable bonds is 3. The van der Waals surface area contributed by atoms with E-state index >= 15 is 0 Å². The fourth-order valence-electron chi connectivity index (χ4n) is 2.82. The molecule has 76 valence electrons. The number of hydrogen-bond acceptors (Lipinski definition) is 3. The first-order valence-electron chi connectivity index (χ1n) is 4.43. The molecule has 0 radical (unpaired) electrons. The summed E-state index contributed by atoms with van der Waals surface area (Å²) in [6.07, 6.45) is 4.90. The molecule has 0 amide bonds.